The first-order chi connectivity index (χ1) is 14.0. The van der Waals surface area contributed by atoms with Crippen molar-refractivity contribution in [3.63, 3.8) is 0 Å². The predicted molar refractivity (Wildman–Crippen MR) is 107 cm³/mol. The topological polar surface area (TPSA) is 90.7 Å². The maximum absolute atomic E-state index is 13.2. The Morgan fingerprint density at radius 3 is 2.38 bits per heavy atom. The Morgan fingerprint density at radius 1 is 1.03 bits per heavy atom. The maximum atomic E-state index is 13.2. The number of anilines is 1. The molecule has 3 aromatic rings. The van der Waals surface area contributed by atoms with E-state index in [2.05, 4.69) is 15.9 Å². The summed E-state index contributed by atoms with van der Waals surface area (Å²) in [5.41, 5.74) is 3.08. The van der Waals surface area contributed by atoms with Crippen LogP contribution in [0.3, 0.4) is 0 Å². The van der Waals surface area contributed by atoms with Gasteiger partial charge in [0.15, 0.2) is 16.5 Å². The van der Waals surface area contributed by atoms with Crippen molar-refractivity contribution >= 4 is 15.8 Å². The van der Waals surface area contributed by atoms with Crippen molar-refractivity contribution < 1.29 is 22.4 Å². The number of fused-ring (bicyclic) bond motifs is 4. The Morgan fingerprint density at radius 2 is 1.72 bits per heavy atom. The molecule has 2 aromatic carbocycles. The summed E-state index contributed by atoms with van der Waals surface area (Å²) in [5, 5.41) is 4.06. The van der Waals surface area contributed by atoms with E-state index in [0.29, 0.717) is 12.2 Å². The fourth-order valence-electron chi connectivity index (χ4n) is 4.20. The number of hydrogen-bond donors (Lipinski definition) is 1. The third-order valence-corrected chi connectivity index (χ3v) is 7.18. The van der Waals surface area contributed by atoms with E-state index in [-0.39, 0.29) is 27.6 Å². The van der Waals surface area contributed by atoms with Gasteiger partial charge < -0.3 is 14.0 Å². The zero-order valence-corrected chi connectivity index (χ0v) is 16.9. The minimum atomic E-state index is -4.02. The Kier molecular flexibility index (Phi) is 3.89. The zero-order valence-electron chi connectivity index (χ0n) is 16.1. The molecule has 1 spiro atoms. The number of ether oxygens (including phenoxy) is 2. The zero-order chi connectivity index (χ0) is 20.2. The highest BCUT2D eigenvalue weighted by atomic mass is 32.2. The molecule has 0 bridgehead atoms. The lowest BCUT2D eigenvalue weighted by atomic mass is 9.79. The molecule has 7 nitrogen and oxygen atoms in total. The summed E-state index contributed by atoms with van der Waals surface area (Å²) in [4.78, 5) is -0.0703. The van der Waals surface area contributed by atoms with Crippen molar-refractivity contribution in [2.75, 3.05) is 18.9 Å². The highest BCUT2D eigenvalue weighted by Gasteiger charge is 2.50. The number of nitrogens with one attached hydrogen (secondary N) is 1. The second-order valence-corrected chi connectivity index (χ2v) is 9.06. The van der Waals surface area contributed by atoms with Gasteiger partial charge in [-0.1, -0.05) is 35.5 Å². The van der Waals surface area contributed by atoms with Gasteiger partial charge in [-0.3, -0.25) is 4.72 Å². The van der Waals surface area contributed by atoms with Gasteiger partial charge in [0.05, 0.1) is 14.2 Å². The van der Waals surface area contributed by atoms with Gasteiger partial charge in [0.2, 0.25) is 0 Å². The smallest absolute Gasteiger partial charge is 0.270 e. The molecular formula is C21H20N2O5S. The molecule has 5 rings (SSSR count). The van der Waals surface area contributed by atoms with E-state index >= 15 is 0 Å². The Bertz CT molecular complexity index is 1190. The van der Waals surface area contributed by atoms with Gasteiger partial charge in [-0.25, -0.2) is 8.42 Å². The van der Waals surface area contributed by atoms with Gasteiger partial charge in [-0.15, -0.1) is 0 Å². The monoisotopic (exact) mass is 412 g/mol. The predicted octanol–water partition coefficient (Wildman–Crippen LogP) is 3.75. The number of rotatable bonds is 5. The number of hydrogen-bond acceptors (Lipinski definition) is 6. The van der Waals surface area contributed by atoms with E-state index < -0.39 is 10.0 Å². The van der Waals surface area contributed by atoms with Crippen LogP contribution in [0.25, 0.3) is 11.3 Å². The van der Waals surface area contributed by atoms with Gasteiger partial charge in [0.25, 0.3) is 10.0 Å². The average molecular weight is 412 g/mol. The van der Waals surface area contributed by atoms with E-state index in [4.69, 9.17) is 14.0 Å². The third-order valence-electron chi connectivity index (χ3n) is 5.78. The van der Waals surface area contributed by atoms with Crippen LogP contribution in [0.5, 0.6) is 11.5 Å². The van der Waals surface area contributed by atoms with E-state index in [0.717, 1.165) is 24.0 Å². The second-order valence-electron chi connectivity index (χ2n) is 7.44. The molecule has 2 aliphatic carbocycles. The second kappa shape index (κ2) is 6.25. The Hall–Kier alpha value is -3.00. The first-order valence-corrected chi connectivity index (χ1v) is 10.8. The third kappa shape index (κ3) is 2.70. The van der Waals surface area contributed by atoms with Crippen LogP contribution in [0.2, 0.25) is 0 Å². The largest absolute Gasteiger partial charge is 0.495 e. The summed E-state index contributed by atoms with van der Waals surface area (Å²) in [7, 11) is -1.19. The minimum Gasteiger partial charge on any atom is -0.495 e. The lowest BCUT2D eigenvalue weighted by molar-refractivity contribution is 0.373. The van der Waals surface area contributed by atoms with E-state index in [1.54, 1.807) is 18.2 Å². The van der Waals surface area contributed by atoms with Crippen LogP contribution in [0.4, 0.5) is 5.82 Å². The van der Waals surface area contributed by atoms with Gasteiger partial charge in [0.1, 0.15) is 11.5 Å². The molecule has 1 fully saturated rings. The molecule has 1 heterocycles. The SMILES string of the molecule is COc1cccc(OC)c1S(=O)(=O)Nc1noc2c1CC1(CC1)c1ccccc1-2. The average Bonchev–Trinajstić information content (AvgIpc) is 3.40. The van der Waals surface area contributed by atoms with Crippen LogP contribution in [0.15, 0.2) is 51.9 Å². The molecule has 29 heavy (non-hydrogen) atoms. The molecule has 1 N–H and O–H groups in total. The standard InChI is InChI=1S/C21H20N2O5S/c1-26-16-8-5-9-17(27-2)19(16)29(24,25)23-20-14-12-21(10-11-21)15-7-4-3-6-13(15)18(14)28-22-20/h3-9H,10-12H2,1-2H3,(H,22,23). The van der Waals surface area contributed by atoms with Crippen LogP contribution in [0.1, 0.15) is 24.0 Å². The summed E-state index contributed by atoms with van der Waals surface area (Å²) in [6.07, 6.45) is 2.84. The molecule has 150 valence electrons. The van der Waals surface area contributed by atoms with Gasteiger partial charge in [0, 0.05) is 16.5 Å². The number of benzene rings is 2. The van der Waals surface area contributed by atoms with Crippen molar-refractivity contribution in [2.45, 2.75) is 29.6 Å². The first kappa shape index (κ1) is 18.1. The molecule has 0 amide bonds. The lowest BCUT2D eigenvalue weighted by Crippen LogP contribution is -2.20. The molecule has 0 saturated heterocycles. The van der Waals surface area contributed by atoms with Crippen LogP contribution in [-0.4, -0.2) is 27.8 Å². The van der Waals surface area contributed by atoms with Crippen LogP contribution >= 0.6 is 0 Å². The highest BCUT2D eigenvalue weighted by Crippen LogP contribution is 2.58. The molecule has 0 atom stereocenters. The summed E-state index contributed by atoms with van der Waals surface area (Å²) in [6.45, 7) is 0. The normalized spacial score (nSPS) is 16.1. The van der Waals surface area contributed by atoms with Crippen molar-refractivity contribution in [2.24, 2.45) is 0 Å². The van der Waals surface area contributed by atoms with Crippen molar-refractivity contribution in [1.82, 2.24) is 5.16 Å². The van der Waals surface area contributed by atoms with E-state index in [9.17, 15) is 8.42 Å². The van der Waals surface area contributed by atoms with Gasteiger partial charge in [-0.05, 0) is 37.0 Å². The fraction of sp³-hybridized carbons (Fsp3) is 0.286. The van der Waals surface area contributed by atoms with Crippen molar-refractivity contribution in [1.29, 1.82) is 0 Å². The molecule has 1 saturated carbocycles. The minimum absolute atomic E-state index is 0.0530. The summed E-state index contributed by atoms with van der Waals surface area (Å²) >= 11 is 0. The van der Waals surface area contributed by atoms with Crippen LogP contribution < -0.4 is 14.2 Å². The Labute approximate surface area is 168 Å². The number of nitrogens with zero attached hydrogens (tertiary/aromatic N) is 1. The molecule has 1 aromatic heterocycles. The summed E-state index contributed by atoms with van der Waals surface area (Å²) < 4.78 is 45.1. The molecule has 0 aliphatic heterocycles. The molecular weight excluding hydrogens is 392 g/mol. The van der Waals surface area contributed by atoms with E-state index in [1.807, 2.05) is 18.2 Å². The fourth-order valence-corrected chi connectivity index (χ4v) is 5.55. The van der Waals surface area contributed by atoms with Gasteiger partial charge >= 0.3 is 0 Å². The highest BCUT2D eigenvalue weighted by molar-refractivity contribution is 7.93. The first-order valence-electron chi connectivity index (χ1n) is 9.31. The lowest BCUT2D eigenvalue weighted by Gasteiger charge is -2.24. The van der Waals surface area contributed by atoms with Crippen molar-refractivity contribution in [3.8, 4) is 22.8 Å². The molecule has 2 aliphatic rings. The molecule has 8 heteroatoms. The molecule has 0 radical (unpaired) electrons. The maximum Gasteiger partial charge on any atom is 0.270 e. The molecule has 0 unspecified atom stereocenters. The summed E-state index contributed by atoms with van der Waals surface area (Å²) in [5.74, 6) is 1.23. The summed E-state index contributed by atoms with van der Waals surface area (Å²) in [6, 6.07) is 12.9. The van der Waals surface area contributed by atoms with Crippen LogP contribution in [-0.2, 0) is 21.9 Å². The number of sulfonamides is 1. The van der Waals surface area contributed by atoms with Gasteiger partial charge in [-0.2, -0.15) is 0 Å². The van der Waals surface area contributed by atoms with Crippen LogP contribution in [0, 0.1) is 0 Å². The number of aromatic nitrogens is 1. The van der Waals surface area contributed by atoms with E-state index in [1.165, 1.54) is 19.8 Å². The van der Waals surface area contributed by atoms with Crippen molar-refractivity contribution in [3.05, 3.63) is 53.6 Å². The number of methoxy groups -OCH3 is 2. The Balaban J connectivity index is 1.59. The quantitative estimate of drug-likeness (QED) is 0.686.